The van der Waals surface area contributed by atoms with Gasteiger partial charge in [0.2, 0.25) is 0 Å². The number of anilines is 1. The van der Waals surface area contributed by atoms with Crippen molar-refractivity contribution < 1.29 is 14.3 Å². The minimum atomic E-state index is -1.09. The van der Waals surface area contributed by atoms with Crippen LogP contribution in [0.5, 0.6) is 0 Å². The maximum absolute atomic E-state index is 13.5. The number of aryl methyl sites for hydroxylation is 1. The molecule has 0 aliphatic carbocycles. The molecule has 0 amide bonds. The van der Waals surface area contributed by atoms with E-state index in [1.807, 2.05) is 19.1 Å². The van der Waals surface area contributed by atoms with Gasteiger partial charge in [-0.1, -0.05) is 6.07 Å². The Morgan fingerprint density at radius 3 is 2.79 bits per heavy atom. The first-order chi connectivity index (χ1) is 9.06. The molecule has 1 aromatic carbocycles. The summed E-state index contributed by atoms with van der Waals surface area (Å²) < 4.78 is 13.5. The quantitative estimate of drug-likeness (QED) is 0.887. The third-order valence-electron chi connectivity index (χ3n) is 2.65. The van der Waals surface area contributed by atoms with E-state index in [2.05, 4.69) is 10.3 Å². The van der Waals surface area contributed by atoms with E-state index in [0.29, 0.717) is 6.54 Å². The highest BCUT2D eigenvalue weighted by Gasteiger charge is 2.08. The predicted molar refractivity (Wildman–Crippen MR) is 69.7 cm³/mol. The average molecular weight is 260 g/mol. The number of aromatic nitrogens is 1. The van der Waals surface area contributed by atoms with Crippen molar-refractivity contribution in [3.05, 3.63) is 59.2 Å². The zero-order valence-electron chi connectivity index (χ0n) is 10.4. The van der Waals surface area contributed by atoms with Gasteiger partial charge in [0.05, 0.1) is 23.5 Å². The average Bonchev–Trinajstić information content (AvgIpc) is 2.39. The van der Waals surface area contributed by atoms with Gasteiger partial charge in [0.1, 0.15) is 5.82 Å². The second-order valence-electron chi connectivity index (χ2n) is 4.18. The number of benzene rings is 1. The molecule has 2 rings (SSSR count). The van der Waals surface area contributed by atoms with Crippen LogP contribution in [0.3, 0.4) is 0 Å². The highest BCUT2D eigenvalue weighted by Crippen LogP contribution is 2.17. The van der Waals surface area contributed by atoms with E-state index in [1.54, 1.807) is 6.20 Å². The monoisotopic (exact) mass is 260 g/mol. The molecule has 0 fully saturated rings. The Bertz CT molecular complexity index is 597. The number of halogens is 1. The molecule has 0 atom stereocenters. The molecule has 0 aliphatic heterocycles. The van der Waals surface area contributed by atoms with Gasteiger partial charge >= 0.3 is 5.97 Å². The normalized spacial score (nSPS) is 10.2. The van der Waals surface area contributed by atoms with Crippen LogP contribution in [0.4, 0.5) is 10.1 Å². The summed E-state index contributed by atoms with van der Waals surface area (Å²) in [5, 5.41) is 11.7. The van der Waals surface area contributed by atoms with Gasteiger partial charge in [-0.2, -0.15) is 0 Å². The van der Waals surface area contributed by atoms with E-state index in [4.69, 9.17) is 5.11 Å². The summed E-state index contributed by atoms with van der Waals surface area (Å²) in [6.45, 7) is 2.26. The molecule has 98 valence electrons. The van der Waals surface area contributed by atoms with E-state index in [9.17, 15) is 9.18 Å². The number of hydrogen-bond donors (Lipinski definition) is 2. The summed E-state index contributed by atoms with van der Waals surface area (Å²) in [7, 11) is 0. The van der Waals surface area contributed by atoms with E-state index in [-0.39, 0.29) is 11.3 Å². The Morgan fingerprint density at radius 2 is 2.16 bits per heavy atom. The van der Waals surface area contributed by atoms with Crippen molar-refractivity contribution in [1.82, 2.24) is 4.98 Å². The Labute approximate surface area is 109 Å². The highest BCUT2D eigenvalue weighted by atomic mass is 19.1. The predicted octanol–water partition coefficient (Wildman–Crippen LogP) is 2.84. The van der Waals surface area contributed by atoms with Crippen molar-refractivity contribution in [2.24, 2.45) is 0 Å². The molecule has 0 bridgehead atoms. The number of aromatic carboxylic acids is 1. The maximum atomic E-state index is 13.5. The molecule has 5 heteroatoms. The molecular formula is C14H13FN2O2. The zero-order chi connectivity index (χ0) is 13.8. The summed E-state index contributed by atoms with van der Waals surface area (Å²) in [5.74, 6) is -1.58. The van der Waals surface area contributed by atoms with Gasteiger partial charge in [-0.3, -0.25) is 4.98 Å². The van der Waals surface area contributed by atoms with E-state index in [1.165, 1.54) is 12.1 Å². The largest absolute Gasteiger partial charge is 0.478 e. The number of nitrogens with zero attached hydrogens (tertiary/aromatic N) is 1. The molecule has 19 heavy (non-hydrogen) atoms. The molecule has 0 saturated carbocycles. The Morgan fingerprint density at radius 1 is 1.37 bits per heavy atom. The first-order valence-corrected chi connectivity index (χ1v) is 5.74. The van der Waals surface area contributed by atoms with Crippen molar-refractivity contribution in [2.45, 2.75) is 13.5 Å². The number of pyridine rings is 1. The van der Waals surface area contributed by atoms with Crippen LogP contribution in [0.1, 0.15) is 21.6 Å². The van der Waals surface area contributed by atoms with Crippen molar-refractivity contribution in [3.63, 3.8) is 0 Å². The lowest BCUT2D eigenvalue weighted by Gasteiger charge is -2.08. The topological polar surface area (TPSA) is 62.2 Å². The van der Waals surface area contributed by atoms with Crippen LogP contribution in [-0.2, 0) is 6.54 Å². The summed E-state index contributed by atoms with van der Waals surface area (Å²) in [5.41, 5.74) is 2.00. The van der Waals surface area contributed by atoms with E-state index < -0.39 is 11.8 Å². The SMILES string of the molecule is Cc1ccc(CNc2cc(C(=O)O)ccc2F)nc1. The van der Waals surface area contributed by atoms with E-state index in [0.717, 1.165) is 17.3 Å². The molecule has 0 aliphatic rings. The van der Waals surface area contributed by atoms with Gasteiger partial charge in [-0.25, -0.2) is 9.18 Å². The lowest BCUT2D eigenvalue weighted by molar-refractivity contribution is 0.0697. The van der Waals surface area contributed by atoms with Crippen LogP contribution >= 0.6 is 0 Å². The second kappa shape index (κ2) is 5.48. The van der Waals surface area contributed by atoms with Crippen LogP contribution in [-0.4, -0.2) is 16.1 Å². The van der Waals surface area contributed by atoms with Crippen LogP contribution in [0.25, 0.3) is 0 Å². The standard InChI is InChI=1S/C14H13FN2O2/c1-9-2-4-11(16-7-9)8-17-13-6-10(14(18)19)3-5-12(13)15/h2-7,17H,8H2,1H3,(H,18,19). The van der Waals surface area contributed by atoms with Gasteiger partial charge in [-0.15, -0.1) is 0 Å². The number of nitrogens with one attached hydrogen (secondary N) is 1. The minimum Gasteiger partial charge on any atom is -0.478 e. The summed E-state index contributed by atoms with van der Waals surface area (Å²) >= 11 is 0. The first-order valence-electron chi connectivity index (χ1n) is 5.74. The highest BCUT2D eigenvalue weighted by molar-refractivity contribution is 5.88. The fraction of sp³-hybridized carbons (Fsp3) is 0.143. The minimum absolute atomic E-state index is 0.0424. The molecule has 2 aromatic rings. The van der Waals surface area contributed by atoms with Crippen LogP contribution < -0.4 is 5.32 Å². The molecule has 4 nitrogen and oxygen atoms in total. The Balaban J connectivity index is 2.12. The summed E-state index contributed by atoms with van der Waals surface area (Å²) in [6, 6.07) is 7.38. The van der Waals surface area contributed by atoms with Gasteiger partial charge in [0, 0.05) is 6.20 Å². The van der Waals surface area contributed by atoms with Crippen LogP contribution in [0, 0.1) is 12.7 Å². The lowest BCUT2D eigenvalue weighted by Crippen LogP contribution is -2.05. The van der Waals surface area contributed by atoms with Crippen molar-refractivity contribution in [1.29, 1.82) is 0 Å². The van der Waals surface area contributed by atoms with Crippen molar-refractivity contribution in [2.75, 3.05) is 5.32 Å². The lowest BCUT2D eigenvalue weighted by atomic mass is 10.2. The fourth-order valence-electron chi connectivity index (χ4n) is 1.58. The fourth-order valence-corrected chi connectivity index (χ4v) is 1.58. The van der Waals surface area contributed by atoms with Crippen molar-refractivity contribution in [3.8, 4) is 0 Å². The van der Waals surface area contributed by atoms with Gasteiger partial charge in [-0.05, 0) is 36.8 Å². The summed E-state index contributed by atoms with van der Waals surface area (Å²) in [6.07, 6.45) is 1.72. The number of carbonyl (C=O) groups is 1. The van der Waals surface area contributed by atoms with Gasteiger partial charge in [0.15, 0.2) is 0 Å². The Hall–Kier alpha value is -2.43. The molecular weight excluding hydrogens is 247 g/mol. The maximum Gasteiger partial charge on any atom is 0.335 e. The third kappa shape index (κ3) is 3.28. The molecule has 0 radical (unpaired) electrons. The molecule has 0 saturated heterocycles. The number of carboxylic acids is 1. The Kier molecular flexibility index (Phi) is 3.75. The number of hydrogen-bond acceptors (Lipinski definition) is 3. The molecule has 0 spiro atoms. The summed E-state index contributed by atoms with van der Waals surface area (Å²) in [4.78, 5) is 15.0. The number of rotatable bonds is 4. The van der Waals surface area contributed by atoms with E-state index >= 15 is 0 Å². The molecule has 2 N–H and O–H groups in total. The van der Waals surface area contributed by atoms with Crippen LogP contribution in [0.2, 0.25) is 0 Å². The van der Waals surface area contributed by atoms with Gasteiger partial charge in [0.25, 0.3) is 0 Å². The second-order valence-corrected chi connectivity index (χ2v) is 4.18. The van der Waals surface area contributed by atoms with Gasteiger partial charge < -0.3 is 10.4 Å². The van der Waals surface area contributed by atoms with Crippen LogP contribution in [0.15, 0.2) is 36.5 Å². The third-order valence-corrected chi connectivity index (χ3v) is 2.65. The first kappa shape index (κ1) is 13.0. The smallest absolute Gasteiger partial charge is 0.335 e. The molecule has 1 aromatic heterocycles. The molecule has 1 heterocycles. The van der Waals surface area contributed by atoms with Crippen molar-refractivity contribution >= 4 is 11.7 Å². The zero-order valence-corrected chi connectivity index (χ0v) is 10.4. The molecule has 0 unspecified atom stereocenters. The number of carboxylic acid groups (broad SMARTS) is 1.